The summed E-state index contributed by atoms with van der Waals surface area (Å²) in [5, 5.41) is 0. The van der Waals surface area contributed by atoms with Crippen LogP contribution in [0.25, 0.3) is 0 Å². The number of carbonyl (C=O) groups is 2. The first-order valence-corrected chi connectivity index (χ1v) is 6.67. The van der Waals surface area contributed by atoms with Gasteiger partial charge < -0.3 is 18.6 Å². The molecule has 0 saturated carbocycles. The van der Waals surface area contributed by atoms with Gasteiger partial charge in [0.05, 0.1) is 33.1 Å². The summed E-state index contributed by atoms with van der Waals surface area (Å²) >= 11 is 0.976. The van der Waals surface area contributed by atoms with E-state index in [-0.39, 0.29) is 10.7 Å². The fourth-order valence-electron chi connectivity index (χ4n) is 1.27. The van der Waals surface area contributed by atoms with Gasteiger partial charge in [-0.2, -0.15) is 0 Å². The Labute approximate surface area is 124 Å². The summed E-state index contributed by atoms with van der Waals surface area (Å²) in [5.74, 6) is -0.585. The van der Waals surface area contributed by atoms with E-state index in [2.05, 4.69) is 9.47 Å². The number of thioether (sulfide) groups is 1. The third-order valence-electron chi connectivity index (χ3n) is 2.24. The van der Waals surface area contributed by atoms with Gasteiger partial charge in [0.1, 0.15) is 16.4 Å². The van der Waals surface area contributed by atoms with E-state index in [9.17, 15) is 14.4 Å². The molecule has 1 heterocycles. The van der Waals surface area contributed by atoms with E-state index in [1.54, 1.807) is 0 Å². The molecule has 1 aromatic heterocycles. The highest BCUT2D eigenvalue weighted by Crippen LogP contribution is 2.23. The van der Waals surface area contributed by atoms with Crippen LogP contribution in [0.2, 0.25) is 0 Å². The van der Waals surface area contributed by atoms with Crippen molar-refractivity contribution in [3.05, 3.63) is 39.3 Å². The molecule has 114 valence electrons. The Morgan fingerprint density at radius 1 is 1.24 bits per heavy atom. The number of esters is 2. The average molecular weight is 314 g/mol. The van der Waals surface area contributed by atoms with E-state index >= 15 is 0 Å². The number of hydrogen-bond acceptors (Lipinski definition) is 8. The first kappa shape index (κ1) is 16.8. The van der Waals surface area contributed by atoms with Gasteiger partial charge in [0.2, 0.25) is 0 Å². The van der Waals surface area contributed by atoms with Crippen LogP contribution in [0.15, 0.2) is 32.3 Å². The maximum absolute atomic E-state index is 11.5. The summed E-state index contributed by atoms with van der Waals surface area (Å²) in [6.07, 6.45) is 1.01. The van der Waals surface area contributed by atoms with Crippen molar-refractivity contribution in [3.63, 3.8) is 0 Å². The molecule has 1 aromatic rings. The molecular formula is C13H14O7S. The van der Waals surface area contributed by atoms with E-state index in [0.29, 0.717) is 11.5 Å². The molecule has 0 amide bonds. The van der Waals surface area contributed by atoms with Crippen LogP contribution in [-0.2, 0) is 24.8 Å². The number of methoxy groups -OCH3 is 3. The minimum atomic E-state index is -0.685. The summed E-state index contributed by atoms with van der Waals surface area (Å²) < 4.78 is 18.9. The standard InChI is InChI=1S/C13H14O7S/c1-17-8-4-9(20-12(15)5-8)7-21-10(13(16)19-3)6-11(14)18-2/h4-6H,7H2,1-3H3/b10-6+. The zero-order valence-electron chi connectivity index (χ0n) is 11.7. The van der Waals surface area contributed by atoms with Gasteiger partial charge in [0, 0.05) is 12.1 Å². The molecule has 0 aliphatic carbocycles. The largest absolute Gasteiger partial charge is 0.496 e. The summed E-state index contributed by atoms with van der Waals surface area (Å²) in [5.41, 5.74) is -0.568. The molecular weight excluding hydrogens is 300 g/mol. The molecule has 0 atom stereocenters. The second-order valence-corrected chi connectivity index (χ2v) is 4.61. The molecule has 0 fully saturated rings. The Kier molecular flexibility index (Phi) is 6.54. The minimum Gasteiger partial charge on any atom is -0.496 e. The van der Waals surface area contributed by atoms with Gasteiger partial charge in [0.15, 0.2) is 0 Å². The van der Waals surface area contributed by atoms with Crippen LogP contribution < -0.4 is 10.4 Å². The van der Waals surface area contributed by atoms with E-state index in [4.69, 9.17) is 9.15 Å². The number of carbonyl (C=O) groups excluding carboxylic acids is 2. The highest BCUT2D eigenvalue weighted by Gasteiger charge is 2.14. The predicted octanol–water partition coefficient (Wildman–Crippen LogP) is 1.11. The van der Waals surface area contributed by atoms with Gasteiger partial charge in [-0.3, -0.25) is 0 Å². The zero-order chi connectivity index (χ0) is 15.8. The molecule has 0 aliphatic rings. The van der Waals surface area contributed by atoms with E-state index in [0.717, 1.165) is 17.8 Å². The van der Waals surface area contributed by atoms with Crippen LogP contribution in [0.4, 0.5) is 0 Å². The molecule has 0 aliphatic heterocycles. The lowest BCUT2D eigenvalue weighted by Gasteiger charge is -2.05. The molecule has 0 radical (unpaired) electrons. The van der Waals surface area contributed by atoms with Crippen molar-refractivity contribution in [3.8, 4) is 5.75 Å². The van der Waals surface area contributed by atoms with Gasteiger partial charge >= 0.3 is 17.6 Å². The lowest BCUT2D eigenvalue weighted by molar-refractivity contribution is -0.137. The molecule has 0 saturated heterocycles. The number of ether oxygens (including phenoxy) is 3. The Morgan fingerprint density at radius 3 is 2.52 bits per heavy atom. The van der Waals surface area contributed by atoms with Crippen molar-refractivity contribution in [1.82, 2.24) is 0 Å². The van der Waals surface area contributed by atoms with Gasteiger partial charge in [0.25, 0.3) is 0 Å². The second-order valence-electron chi connectivity index (χ2n) is 3.59. The summed E-state index contributed by atoms with van der Waals surface area (Å²) in [6, 6.07) is 2.71. The molecule has 0 bridgehead atoms. The van der Waals surface area contributed by atoms with E-state index in [1.807, 2.05) is 0 Å². The van der Waals surface area contributed by atoms with Gasteiger partial charge in [-0.1, -0.05) is 0 Å². The van der Waals surface area contributed by atoms with Crippen molar-refractivity contribution in [2.24, 2.45) is 0 Å². The normalized spacial score (nSPS) is 10.9. The predicted molar refractivity (Wildman–Crippen MR) is 74.9 cm³/mol. The molecule has 0 unspecified atom stereocenters. The average Bonchev–Trinajstić information content (AvgIpc) is 2.49. The lowest BCUT2D eigenvalue weighted by Crippen LogP contribution is -2.07. The van der Waals surface area contributed by atoms with Crippen LogP contribution in [0.3, 0.4) is 0 Å². The third-order valence-corrected chi connectivity index (χ3v) is 3.26. The second kappa shape index (κ2) is 8.15. The third kappa shape index (κ3) is 5.35. The summed E-state index contributed by atoms with van der Waals surface area (Å²) in [4.78, 5) is 34.1. The van der Waals surface area contributed by atoms with Crippen molar-refractivity contribution in [2.75, 3.05) is 21.3 Å². The Bertz CT molecular complexity index is 603. The van der Waals surface area contributed by atoms with E-state index in [1.165, 1.54) is 33.5 Å². The van der Waals surface area contributed by atoms with Crippen molar-refractivity contribution >= 4 is 23.7 Å². The Morgan fingerprint density at radius 2 is 1.95 bits per heavy atom. The molecule has 21 heavy (non-hydrogen) atoms. The molecule has 0 aromatic carbocycles. The fraction of sp³-hybridized carbons (Fsp3) is 0.308. The van der Waals surface area contributed by atoms with Crippen LogP contribution in [0.5, 0.6) is 5.75 Å². The molecule has 7 nitrogen and oxygen atoms in total. The smallest absolute Gasteiger partial charge is 0.344 e. The van der Waals surface area contributed by atoms with Gasteiger partial charge in [-0.05, 0) is 0 Å². The summed E-state index contributed by atoms with van der Waals surface area (Å²) in [7, 11) is 3.81. The molecule has 0 spiro atoms. The van der Waals surface area contributed by atoms with Crippen LogP contribution >= 0.6 is 11.8 Å². The van der Waals surface area contributed by atoms with E-state index < -0.39 is 17.6 Å². The number of rotatable bonds is 6. The molecule has 1 rings (SSSR count). The molecule has 0 N–H and O–H groups in total. The van der Waals surface area contributed by atoms with Crippen LogP contribution in [-0.4, -0.2) is 33.3 Å². The number of hydrogen-bond donors (Lipinski definition) is 0. The zero-order valence-corrected chi connectivity index (χ0v) is 12.5. The maximum atomic E-state index is 11.5. The van der Waals surface area contributed by atoms with Crippen LogP contribution in [0.1, 0.15) is 5.76 Å². The maximum Gasteiger partial charge on any atom is 0.344 e. The topological polar surface area (TPSA) is 92.0 Å². The highest BCUT2D eigenvalue weighted by molar-refractivity contribution is 8.03. The Balaban J connectivity index is 2.89. The Hall–Kier alpha value is -2.22. The van der Waals surface area contributed by atoms with Gasteiger partial charge in [-0.15, -0.1) is 11.8 Å². The van der Waals surface area contributed by atoms with Crippen molar-refractivity contribution < 1.29 is 28.2 Å². The fourth-order valence-corrected chi connectivity index (χ4v) is 2.09. The summed E-state index contributed by atoms with van der Waals surface area (Å²) in [6.45, 7) is 0. The van der Waals surface area contributed by atoms with Gasteiger partial charge in [-0.25, -0.2) is 14.4 Å². The minimum absolute atomic E-state index is 0.0369. The van der Waals surface area contributed by atoms with Crippen molar-refractivity contribution in [2.45, 2.75) is 5.75 Å². The van der Waals surface area contributed by atoms with Crippen LogP contribution in [0, 0.1) is 0 Å². The first-order chi connectivity index (χ1) is 9.99. The highest BCUT2D eigenvalue weighted by atomic mass is 32.2. The monoisotopic (exact) mass is 314 g/mol. The molecule has 8 heteroatoms. The van der Waals surface area contributed by atoms with Crippen molar-refractivity contribution in [1.29, 1.82) is 0 Å². The lowest BCUT2D eigenvalue weighted by atomic mass is 10.4. The first-order valence-electron chi connectivity index (χ1n) is 5.69. The SMILES string of the molecule is COC(=O)/C=C(/SCc1cc(OC)cc(=O)o1)C(=O)OC. The quantitative estimate of drug-likeness (QED) is 0.569.